The molecule has 6 heteroatoms. The van der Waals surface area contributed by atoms with Crippen LogP contribution in [0.1, 0.15) is 37.0 Å². The van der Waals surface area contributed by atoms with Crippen LogP contribution in [0.3, 0.4) is 0 Å². The van der Waals surface area contributed by atoms with Crippen LogP contribution in [0.5, 0.6) is 5.75 Å². The molecule has 0 saturated carbocycles. The fourth-order valence-electron chi connectivity index (χ4n) is 1.81. The second-order valence-corrected chi connectivity index (χ2v) is 4.81. The Morgan fingerprint density at radius 1 is 1.50 bits per heavy atom. The van der Waals surface area contributed by atoms with E-state index < -0.39 is 12.2 Å². The van der Waals surface area contributed by atoms with Crippen molar-refractivity contribution < 1.29 is 18.3 Å². The van der Waals surface area contributed by atoms with E-state index in [9.17, 15) is 13.6 Å². The molecule has 0 aliphatic heterocycles. The summed E-state index contributed by atoms with van der Waals surface area (Å²) in [6.45, 7) is 1.40. The second kappa shape index (κ2) is 7.19. The van der Waals surface area contributed by atoms with E-state index in [4.69, 9.17) is 5.73 Å². The molecule has 0 heterocycles. The molecule has 1 amide bonds. The third kappa shape index (κ3) is 4.77. The van der Waals surface area contributed by atoms with Gasteiger partial charge in [0.2, 0.25) is 0 Å². The van der Waals surface area contributed by atoms with Gasteiger partial charge in [-0.3, -0.25) is 4.79 Å². The molecule has 0 aliphatic carbocycles. The van der Waals surface area contributed by atoms with Gasteiger partial charge in [0.25, 0.3) is 5.91 Å². The number of benzene rings is 1. The molecule has 0 radical (unpaired) electrons. The SMILES string of the molecule is CCC(C)(CCN)NC(=O)c1cccc(OC(F)F)c1. The monoisotopic (exact) mass is 286 g/mol. The van der Waals surface area contributed by atoms with Gasteiger partial charge in [-0.2, -0.15) is 8.78 Å². The number of alkyl halides is 2. The Morgan fingerprint density at radius 3 is 2.75 bits per heavy atom. The molecular formula is C14H20F2N2O2. The summed E-state index contributed by atoms with van der Waals surface area (Å²) < 4.78 is 28.6. The maximum Gasteiger partial charge on any atom is 0.387 e. The van der Waals surface area contributed by atoms with Crippen LogP contribution < -0.4 is 15.8 Å². The van der Waals surface area contributed by atoms with Crippen molar-refractivity contribution in [2.24, 2.45) is 5.73 Å². The Bertz CT molecular complexity index is 455. The zero-order valence-corrected chi connectivity index (χ0v) is 11.7. The average molecular weight is 286 g/mol. The van der Waals surface area contributed by atoms with Crippen molar-refractivity contribution >= 4 is 5.91 Å². The normalized spacial score (nSPS) is 13.9. The molecule has 3 N–H and O–H groups in total. The lowest BCUT2D eigenvalue weighted by molar-refractivity contribution is -0.0498. The summed E-state index contributed by atoms with van der Waals surface area (Å²) in [4.78, 5) is 12.1. The molecule has 1 rings (SSSR count). The molecule has 20 heavy (non-hydrogen) atoms. The van der Waals surface area contributed by atoms with Gasteiger partial charge >= 0.3 is 6.61 Å². The lowest BCUT2D eigenvalue weighted by atomic mass is 9.94. The van der Waals surface area contributed by atoms with Gasteiger partial charge in [-0.25, -0.2) is 0 Å². The summed E-state index contributed by atoms with van der Waals surface area (Å²) >= 11 is 0. The van der Waals surface area contributed by atoms with Crippen molar-refractivity contribution in [2.75, 3.05) is 6.54 Å². The number of halogens is 2. The first-order chi connectivity index (χ1) is 9.40. The molecule has 4 nitrogen and oxygen atoms in total. The molecule has 0 bridgehead atoms. The molecule has 0 aromatic heterocycles. The van der Waals surface area contributed by atoms with Crippen molar-refractivity contribution in [1.82, 2.24) is 5.32 Å². The third-order valence-electron chi connectivity index (χ3n) is 3.21. The van der Waals surface area contributed by atoms with E-state index in [-0.39, 0.29) is 17.2 Å². The molecule has 112 valence electrons. The van der Waals surface area contributed by atoms with Crippen LogP contribution in [-0.2, 0) is 0 Å². The standard InChI is InChI=1S/C14H20F2N2O2/c1-3-14(2,7-8-17)18-12(19)10-5-4-6-11(9-10)20-13(15)16/h4-6,9,13H,3,7-8,17H2,1-2H3,(H,18,19). The van der Waals surface area contributed by atoms with Gasteiger partial charge in [-0.05, 0) is 44.5 Å². The predicted octanol–water partition coefficient (Wildman–Crippen LogP) is 2.54. The van der Waals surface area contributed by atoms with Crippen LogP contribution in [0.25, 0.3) is 0 Å². The minimum atomic E-state index is -2.91. The number of rotatable bonds is 7. The van der Waals surface area contributed by atoms with Crippen LogP contribution in [-0.4, -0.2) is 24.6 Å². The Hall–Kier alpha value is -1.69. The highest BCUT2D eigenvalue weighted by molar-refractivity contribution is 5.95. The summed E-state index contributed by atoms with van der Waals surface area (Å²) in [5, 5.41) is 2.88. The van der Waals surface area contributed by atoms with Crippen molar-refractivity contribution in [3.8, 4) is 5.75 Å². The van der Waals surface area contributed by atoms with Crippen LogP contribution in [0, 0.1) is 0 Å². The summed E-state index contributed by atoms with van der Waals surface area (Å²) in [7, 11) is 0. The van der Waals surface area contributed by atoms with E-state index >= 15 is 0 Å². The number of ether oxygens (including phenoxy) is 1. The first kappa shape index (κ1) is 16.4. The first-order valence-electron chi connectivity index (χ1n) is 6.47. The van der Waals surface area contributed by atoms with Gasteiger partial charge in [0.1, 0.15) is 5.75 Å². The topological polar surface area (TPSA) is 64.3 Å². The number of amides is 1. The Balaban J connectivity index is 2.81. The number of hydrogen-bond acceptors (Lipinski definition) is 3. The number of nitrogens with one attached hydrogen (secondary N) is 1. The smallest absolute Gasteiger partial charge is 0.387 e. The number of hydrogen-bond donors (Lipinski definition) is 2. The van der Waals surface area contributed by atoms with Gasteiger partial charge in [0, 0.05) is 11.1 Å². The molecule has 1 atom stereocenters. The molecular weight excluding hydrogens is 266 g/mol. The summed E-state index contributed by atoms with van der Waals surface area (Å²) in [5.41, 5.74) is 5.40. The van der Waals surface area contributed by atoms with Crippen molar-refractivity contribution in [1.29, 1.82) is 0 Å². The van der Waals surface area contributed by atoms with Crippen molar-refractivity contribution in [3.63, 3.8) is 0 Å². The minimum Gasteiger partial charge on any atom is -0.435 e. The van der Waals surface area contributed by atoms with Gasteiger partial charge in [-0.1, -0.05) is 13.0 Å². The number of nitrogens with two attached hydrogens (primary N) is 1. The summed E-state index contributed by atoms with van der Waals surface area (Å²) in [6.07, 6.45) is 1.37. The Morgan fingerprint density at radius 2 is 2.20 bits per heavy atom. The molecule has 0 saturated heterocycles. The fourth-order valence-corrected chi connectivity index (χ4v) is 1.81. The lowest BCUT2D eigenvalue weighted by Gasteiger charge is -2.29. The number of carbonyl (C=O) groups excluding carboxylic acids is 1. The third-order valence-corrected chi connectivity index (χ3v) is 3.21. The zero-order chi connectivity index (χ0) is 15.2. The van der Waals surface area contributed by atoms with Crippen molar-refractivity contribution in [2.45, 2.75) is 38.8 Å². The Kier molecular flexibility index (Phi) is 5.88. The van der Waals surface area contributed by atoms with E-state index in [1.165, 1.54) is 18.2 Å². The predicted molar refractivity (Wildman–Crippen MR) is 72.9 cm³/mol. The molecule has 0 spiro atoms. The first-order valence-corrected chi connectivity index (χ1v) is 6.47. The fraction of sp³-hybridized carbons (Fsp3) is 0.500. The highest BCUT2D eigenvalue weighted by Gasteiger charge is 2.24. The van der Waals surface area contributed by atoms with Crippen molar-refractivity contribution in [3.05, 3.63) is 29.8 Å². The van der Waals surface area contributed by atoms with Gasteiger partial charge in [0.15, 0.2) is 0 Å². The average Bonchev–Trinajstić information content (AvgIpc) is 2.38. The molecule has 1 aromatic carbocycles. The van der Waals surface area contributed by atoms with Crippen LogP contribution in [0.2, 0.25) is 0 Å². The molecule has 0 aliphatic rings. The van der Waals surface area contributed by atoms with E-state index in [1.807, 2.05) is 13.8 Å². The molecule has 1 unspecified atom stereocenters. The Labute approximate surface area is 117 Å². The van der Waals surface area contributed by atoms with E-state index in [0.29, 0.717) is 13.0 Å². The largest absolute Gasteiger partial charge is 0.435 e. The van der Waals surface area contributed by atoms with E-state index in [1.54, 1.807) is 6.07 Å². The maximum absolute atomic E-state index is 12.1. The number of carbonyl (C=O) groups is 1. The minimum absolute atomic E-state index is 0.0373. The summed E-state index contributed by atoms with van der Waals surface area (Å²) in [5.74, 6) is -0.368. The highest BCUT2D eigenvalue weighted by atomic mass is 19.3. The van der Waals surface area contributed by atoms with Crippen LogP contribution in [0.4, 0.5) is 8.78 Å². The lowest BCUT2D eigenvalue weighted by Crippen LogP contribution is -2.46. The van der Waals surface area contributed by atoms with E-state index in [2.05, 4.69) is 10.1 Å². The summed E-state index contributed by atoms with van der Waals surface area (Å²) in [6, 6.07) is 5.72. The molecule has 1 aromatic rings. The van der Waals surface area contributed by atoms with Gasteiger partial charge < -0.3 is 15.8 Å². The van der Waals surface area contributed by atoms with Crippen LogP contribution >= 0.6 is 0 Å². The quantitative estimate of drug-likeness (QED) is 0.809. The highest BCUT2D eigenvalue weighted by Crippen LogP contribution is 2.18. The molecule has 0 fully saturated rings. The van der Waals surface area contributed by atoms with Gasteiger partial charge in [0.05, 0.1) is 0 Å². The second-order valence-electron chi connectivity index (χ2n) is 4.81. The maximum atomic E-state index is 12.1. The van der Waals surface area contributed by atoms with Crippen LogP contribution in [0.15, 0.2) is 24.3 Å². The zero-order valence-electron chi connectivity index (χ0n) is 11.7. The van der Waals surface area contributed by atoms with E-state index in [0.717, 1.165) is 6.42 Å². The van der Waals surface area contributed by atoms with Gasteiger partial charge in [-0.15, -0.1) is 0 Å².